The van der Waals surface area contributed by atoms with Gasteiger partial charge in [0.1, 0.15) is 17.1 Å². The Kier molecular flexibility index (Phi) is 10.3. The second-order valence-electron chi connectivity index (χ2n) is 10.5. The quantitative estimate of drug-likeness (QED) is 0.192. The lowest BCUT2D eigenvalue weighted by atomic mass is 9.58. The van der Waals surface area contributed by atoms with Crippen LogP contribution < -0.4 is 11.1 Å². The van der Waals surface area contributed by atoms with Crippen LogP contribution in [0.1, 0.15) is 36.2 Å². The van der Waals surface area contributed by atoms with Crippen molar-refractivity contribution in [3.8, 4) is 5.75 Å². The molecule has 3 unspecified atom stereocenters. The number of nitrogens with one attached hydrogen (secondary N) is 1. The Morgan fingerprint density at radius 2 is 1.71 bits per heavy atom. The average Bonchev–Trinajstić information content (AvgIpc) is 2.86. The number of primary amides is 1. The molecule has 0 radical (unpaired) electrons. The molecule has 4 rings (SSSR count). The summed E-state index contributed by atoms with van der Waals surface area (Å²) in [4.78, 5) is 55.0. The summed E-state index contributed by atoms with van der Waals surface area (Å²) in [6.07, 6.45) is 0.185. The zero-order chi connectivity index (χ0) is 29.0. The van der Waals surface area contributed by atoms with E-state index in [4.69, 9.17) is 5.73 Å². The molecule has 3 aliphatic carbocycles. The highest BCUT2D eigenvalue weighted by Crippen LogP contribution is 2.52. The lowest BCUT2D eigenvalue weighted by Crippen LogP contribution is -2.63. The fourth-order valence-electron chi connectivity index (χ4n) is 6.17. The maximum Gasteiger partial charge on any atom is 0.255 e. The van der Waals surface area contributed by atoms with Crippen molar-refractivity contribution < 1.29 is 39.6 Å². The van der Waals surface area contributed by atoms with E-state index in [0.29, 0.717) is 18.7 Å². The molecule has 0 bridgehead atoms. The number of carbonyl (C=O) groups is 4. The number of Topliss-reactive ketones (excluding diaryl/α,β-unsaturated/α-hetero) is 2. The highest BCUT2D eigenvalue weighted by molar-refractivity contribution is 6.25. The second-order valence-corrected chi connectivity index (χ2v) is 10.5. The van der Waals surface area contributed by atoms with Crippen LogP contribution in [-0.2, 0) is 20.8 Å². The molecule has 1 aromatic rings. The van der Waals surface area contributed by atoms with Gasteiger partial charge in [0.05, 0.1) is 23.8 Å². The molecule has 7 N–H and O–H groups in total. The number of nitrogens with zero attached hydrogens (tertiary/aromatic N) is 2. The number of hydrogen-bond donors (Lipinski definition) is 6. The van der Waals surface area contributed by atoms with Gasteiger partial charge in [0, 0.05) is 11.5 Å². The van der Waals surface area contributed by atoms with Crippen LogP contribution in [0.2, 0.25) is 0 Å². The first kappa shape index (κ1) is 34.0. The zero-order valence-corrected chi connectivity index (χ0v) is 24.8. The molecule has 14 heteroatoms. The van der Waals surface area contributed by atoms with Crippen LogP contribution in [0, 0.1) is 11.8 Å². The van der Waals surface area contributed by atoms with Crippen LogP contribution in [0.25, 0.3) is 0 Å². The predicted molar refractivity (Wildman–Crippen MR) is 155 cm³/mol. The molecule has 0 saturated carbocycles. The van der Waals surface area contributed by atoms with Crippen molar-refractivity contribution in [2.75, 3.05) is 39.0 Å². The van der Waals surface area contributed by atoms with Crippen molar-refractivity contribution in [2.45, 2.75) is 38.3 Å². The monoisotopic (exact) mass is 614 g/mol. The van der Waals surface area contributed by atoms with Gasteiger partial charge >= 0.3 is 0 Å². The van der Waals surface area contributed by atoms with Crippen LogP contribution >= 0.6 is 24.8 Å². The van der Waals surface area contributed by atoms with Gasteiger partial charge in [0.25, 0.3) is 5.91 Å². The van der Waals surface area contributed by atoms with Gasteiger partial charge in [0.2, 0.25) is 11.7 Å². The van der Waals surface area contributed by atoms with E-state index in [1.807, 2.05) is 18.7 Å². The predicted octanol–water partition coefficient (Wildman–Crippen LogP) is 1.24. The van der Waals surface area contributed by atoms with Crippen molar-refractivity contribution in [3.05, 3.63) is 45.9 Å². The van der Waals surface area contributed by atoms with Gasteiger partial charge in [-0.2, -0.15) is 0 Å². The molecule has 0 saturated heterocycles. The number of carbonyl (C=O) groups excluding carboxylic acids is 4. The zero-order valence-electron chi connectivity index (χ0n) is 23.1. The van der Waals surface area contributed by atoms with E-state index in [-0.39, 0.29) is 66.9 Å². The normalized spacial score (nSPS) is 25.2. The van der Waals surface area contributed by atoms with E-state index in [9.17, 15) is 39.6 Å². The molecule has 2 amide bonds. The minimum absolute atomic E-state index is 0. The maximum atomic E-state index is 13.7. The third-order valence-electron chi connectivity index (χ3n) is 8.13. The summed E-state index contributed by atoms with van der Waals surface area (Å²) in [6, 6.07) is 2.05. The molecule has 0 aliphatic heterocycles. The summed E-state index contributed by atoms with van der Waals surface area (Å²) in [5, 5.41) is 47.4. The number of hydrogen-bond acceptors (Lipinski definition) is 10. The number of aromatic hydroxyl groups is 1. The van der Waals surface area contributed by atoms with Crippen molar-refractivity contribution in [2.24, 2.45) is 17.6 Å². The molecule has 12 nitrogen and oxygen atoms in total. The van der Waals surface area contributed by atoms with Crippen LogP contribution in [0.3, 0.4) is 0 Å². The van der Waals surface area contributed by atoms with E-state index >= 15 is 0 Å². The summed E-state index contributed by atoms with van der Waals surface area (Å²) in [5.74, 6) is -7.55. The van der Waals surface area contributed by atoms with Crippen LogP contribution in [0.5, 0.6) is 5.75 Å². The van der Waals surface area contributed by atoms with E-state index < -0.39 is 63.8 Å². The first-order valence-corrected chi connectivity index (χ1v) is 12.8. The summed E-state index contributed by atoms with van der Waals surface area (Å²) >= 11 is 0. The molecule has 0 aromatic heterocycles. The third-order valence-corrected chi connectivity index (χ3v) is 8.13. The van der Waals surface area contributed by atoms with Gasteiger partial charge in [-0.25, -0.2) is 0 Å². The molecule has 0 fully saturated rings. The minimum Gasteiger partial charge on any atom is -0.510 e. The molecule has 226 valence electrons. The number of fused-ring (bicyclic) bond motifs is 3. The Bertz CT molecular complexity index is 1340. The lowest BCUT2D eigenvalue weighted by molar-refractivity contribution is -0.148. The van der Waals surface area contributed by atoms with Gasteiger partial charge in [0.15, 0.2) is 17.1 Å². The molecule has 41 heavy (non-hydrogen) atoms. The standard InChI is InChI=1S/C27H34N4O8.2ClH/c1-5-31(6-2)11-16(32)29-15-8-7-12-9-13-10-14-20(30(3)4)23(35)19(26(28)38)25(37)27(14,39)24(36)18(13)22(34)17(12)21(15)33;;/h7-8,13-14,20,33,35-36,39H,5-6,9-11H2,1-4H3,(H2,28,38)(H,29,32);2*1H/t13?,14?,20-,27?;;/m0../s1. The van der Waals surface area contributed by atoms with Crippen LogP contribution in [0.15, 0.2) is 34.8 Å². The van der Waals surface area contributed by atoms with E-state index in [1.165, 1.54) is 11.0 Å². The molecular weight excluding hydrogens is 579 g/mol. The summed E-state index contributed by atoms with van der Waals surface area (Å²) < 4.78 is 0. The van der Waals surface area contributed by atoms with Gasteiger partial charge < -0.3 is 31.5 Å². The SMILES string of the molecule is CCN(CC)CC(=O)Nc1ccc2c(c1O)C(=O)C1=C(O)C3(O)C(=O)C(C(N)=O)=C(O)[C@@H](N(C)C)C3CC1C2.Cl.Cl. The van der Waals surface area contributed by atoms with E-state index in [2.05, 4.69) is 5.32 Å². The topological polar surface area (TPSA) is 194 Å². The second kappa shape index (κ2) is 12.4. The highest BCUT2D eigenvalue weighted by Gasteiger charge is 2.63. The summed E-state index contributed by atoms with van der Waals surface area (Å²) in [5.41, 5.74) is 1.85. The summed E-state index contributed by atoms with van der Waals surface area (Å²) in [6.45, 7) is 5.20. The number of benzene rings is 1. The average molecular weight is 616 g/mol. The van der Waals surface area contributed by atoms with Crippen LogP contribution in [-0.4, -0.2) is 99.0 Å². The number of ketones is 2. The number of allylic oxidation sites excluding steroid dienone is 1. The van der Waals surface area contributed by atoms with Crippen molar-refractivity contribution in [3.63, 3.8) is 0 Å². The van der Waals surface area contributed by atoms with Gasteiger partial charge in [-0.15, -0.1) is 24.8 Å². The number of phenolic OH excluding ortho intramolecular Hbond substituents is 1. The fourth-order valence-corrected chi connectivity index (χ4v) is 6.17. The van der Waals surface area contributed by atoms with E-state index in [0.717, 1.165) is 0 Å². The third kappa shape index (κ3) is 5.30. The number of halogens is 2. The van der Waals surface area contributed by atoms with Crippen molar-refractivity contribution >= 4 is 53.9 Å². The fraction of sp³-hybridized carbons (Fsp3) is 0.481. The number of aliphatic hydroxyl groups excluding tert-OH is 2. The highest BCUT2D eigenvalue weighted by atomic mass is 35.5. The van der Waals surface area contributed by atoms with Crippen LogP contribution in [0.4, 0.5) is 5.69 Å². The molecule has 0 heterocycles. The lowest BCUT2D eigenvalue weighted by Gasteiger charge is -2.50. The molecular formula is C27H36Cl2N4O8. The Labute approximate surface area is 249 Å². The Balaban J connectivity index is 0.00000294. The van der Waals surface area contributed by atoms with Gasteiger partial charge in [-0.05, 0) is 57.6 Å². The molecule has 4 atom stereocenters. The number of rotatable bonds is 7. The van der Waals surface area contributed by atoms with E-state index in [1.54, 1.807) is 20.2 Å². The smallest absolute Gasteiger partial charge is 0.255 e. The number of phenols is 1. The number of amides is 2. The van der Waals surface area contributed by atoms with Crippen molar-refractivity contribution in [1.82, 2.24) is 9.80 Å². The summed E-state index contributed by atoms with van der Waals surface area (Å²) in [7, 11) is 3.14. The van der Waals surface area contributed by atoms with Gasteiger partial charge in [-0.3, -0.25) is 29.0 Å². The van der Waals surface area contributed by atoms with Crippen molar-refractivity contribution in [1.29, 1.82) is 0 Å². The Hall–Kier alpha value is -3.16. The first-order valence-electron chi connectivity index (χ1n) is 12.8. The largest absolute Gasteiger partial charge is 0.510 e. The number of anilines is 1. The maximum absolute atomic E-state index is 13.7. The molecule has 3 aliphatic rings. The Morgan fingerprint density at radius 1 is 1.10 bits per heavy atom. The number of nitrogens with two attached hydrogens (primary N) is 1. The first-order chi connectivity index (χ1) is 18.3. The molecule has 1 aromatic carbocycles. The van der Waals surface area contributed by atoms with Gasteiger partial charge in [-0.1, -0.05) is 19.9 Å². The minimum atomic E-state index is -2.70. The Morgan fingerprint density at radius 3 is 2.24 bits per heavy atom. The number of likely N-dealkylation sites (N-methyl/N-ethyl adjacent to an activating group) is 2. The molecule has 0 spiro atoms. The number of aliphatic hydroxyl groups is 3.